The van der Waals surface area contributed by atoms with Crippen LogP contribution >= 0.6 is 24.8 Å². The van der Waals surface area contributed by atoms with Crippen molar-refractivity contribution in [1.29, 1.82) is 0 Å². The first kappa shape index (κ1) is 19.0. The minimum atomic E-state index is -0.124. The smallest absolute Gasteiger partial charge is 0.247 e. The van der Waals surface area contributed by atoms with Gasteiger partial charge in [0.05, 0.1) is 6.04 Å². The van der Waals surface area contributed by atoms with Crippen LogP contribution in [-0.2, 0) is 11.3 Å². The molecule has 3 unspecified atom stereocenters. The number of halogens is 2. The first-order valence-corrected chi connectivity index (χ1v) is 7.44. The molecular formula is C15H23Cl2N3O2. The zero-order valence-electron chi connectivity index (χ0n) is 12.3. The Morgan fingerprint density at radius 1 is 1.23 bits per heavy atom. The van der Waals surface area contributed by atoms with Crippen molar-refractivity contribution in [2.75, 3.05) is 0 Å². The fraction of sp³-hybridized carbons (Fsp3) is 0.600. The number of H-pyrrole nitrogens is 1. The molecule has 3 N–H and O–H groups in total. The number of pyridine rings is 1. The standard InChI is InChI=1S/C15H21N3O2.2ClH/c19-14-6-5-10(8-16-14)9-17-15(20)13-7-11-3-1-2-4-12(11)18-13;;/h5-6,8,11-13,18H,1-4,7,9H2,(H,16,19)(H,17,20);2*1H. The van der Waals surface area contributed by atoms with E-state index in [4.69, 9.17) is 0 Å². The fourth-order valence-corrected chi connectivity index (χ4v) is 3.39. The SMILES string of the molecule is Cl.Cl.O=C(NCc1ccc(=O)[nH]c1)C1CC2CCCCC2N1. The molecule has 1 saturated heterocycles. The van der Waals surface area contributed by atoms with Gasteiger partial charge in [0.25, 0.3) is 0 Å². The summed E-state index contributed by atoms with van der Waals surface area (Å²) in [5.41, 5.74) is 0.787. The Bertz CT molecular complexity index is 515. The molecule has 1 amide bonds. The molecule has 0 aromatic carbocycles. The van der Waals surface area contributed by atoms with Gasteiger partial charge in [-0.25, -0.2) is 0 Å². The van der Waals surface area contributed by atoms with E-state index in [0.29, 0.717) is 18.5 Å². The Hall–Kier alpha value is -1.04. The average molecular weight is 348 g/mol. The van der Waals surface area contributed by atoms with Gasteiger partial charge in [-0.15, -0.1) is 24.8 Å². The summed E-state index contributed by atoms with van der Waals surface area (Å²) in [4.78, 5) is 25.8. The van der Waals surface area contributed by atoms with Crippen LogP contribution in [0.25, 0.3) is 0 Å². The number of carbonyl (C=O) groups excluding carboxylic acids is 1. The predicted octanol–water partition coefficient (Wildman–Crippen LogP) is 1.76. The summed E-state index contributed by atoms with van der Waals surface area (Å²) < 4.78 is 0. The molecular weight excluding hydrogens is 325 g/mol. The third-order valence-electron chi connectivity index (χ3n) is 4.49. The van der Waals surface area contributed by atoms with Crippen molar-refractivity contribution in [3.05, 3.63) is 34.2 Å². The molecule has 1 aliphatic heterocycles. The first-order valence-electron chi connectivity index (χ1n) is 7.44. The normalized spacial score (nSPS) is 26.3. The zero-order valence-corrected chi connectivity index (χ0v) is 14.0. The van der Waals surface area contributed by atoms with E-state index < -0.39 is 0 Å². The van der Waals surface area contributed by atoms with Gasteiger partial charge in [-0.3, -0.25) is 9.59 Å². The summed E-state index contributed by atoms with van der Waals surface area (Å²) in [7, 11) is 0. The lowest BCUT2D eigenvalue weighted by Crippen LogP contribution is -2.42. The van der Waals surface area contributed by atoms with Gasteiger partial charge in [0.2, 0.25) is 11.5 Å². The van der Waals surface area contributed by atoms with Gasteiger partial charge in [0.1, 0.15) is 0 Å². The molecule has 1 aromatic rings. The molecule has 5 nitrogen and oxygen atoms in total. The molecule has 22 heavy (non-hydrogen) atoms. The molecule has 0 radical (unpaired) electrons. The van der Waals surface area contributed by atoms with E-state index in [-0.39, 0.29) is 42.3 Å². The largest absolute Gasteiger partial charge is 0.351 e. The van der Waals surface area contributed by atoms with E-state index >= 15 is 0 Å². The Balaban J connectivity index is 0.00000121. The monoisotopic (exact) mass is 347 g/mol. The number of fused-ring (bicyclic) bond motifs is 1. The summed E-state index contributed by atoms with van der Waals surface area (Å²) in [6, 6.07) is 3.70. The van der Waals surface area contributed by atoms with Crippen LogP contribution in [0.2, 0.25) is 0 Å². The van der Waals surface area contributed by atoms with Crippen LogP contribution in [0.4, 0.5) is 0 Å². The van der Waals surface area contributed by atoms with Gasteiger partial charge < -0.3 is 15.6 Å². The lowest BCUT2D eigenvalue weighted by molar-refractivity contribution is -0.123. The molecule has 2 aliphatic rings. The van der Waals surface area contributed by atoms with Crippen molar-refractivity contribution in [2.45, 2.75) is 50.7 Å². The van der Waals surface area contributed by atoms with Gasteiger partial charge in [-0.05, 0) is 30.7 Å². The second kappa shape index (κ2) is 8.56. The molecule has 0 bridgehead atoms. The van der Waals surface area contributed by atoms with E-state index in [1.807, 2.05) is 0 Å². The molecule has 1 aliphatic carbocycles. The summed E-state index contributed by atoms with van der Waals surface area (Å²) in [6.07, 6.45) is 7.64. The van der Waals surface area contributed by atoms with E-state index in [9.17, 15) is 9.59 Å². The van der Waals surface area contributed by atoms with Crippen LogP contribution < -0.4 is 16.2 Å². The summed E-state index contributed by atoms with van der Waals surface area (Å²) in [6.45, 7) is 0.461. The fourth-order valence-electron chi connectivity index (χ4n) is 3.39. The maximum absolute atomic E-state index is 12.2. The number of nitrogens with one attached hydrogen (secondary N) is 3. The van der Waals surface area contributed by atoms with Crippen molar-refractivity contribution in [3.8, 4) is 0 Å². The van der Waals surface area contributed by atoms with Crippen LogP contribution in [-0.4, -0.2) is 23.0 Å². The van der Waals surface area contributed by atoms with Gasteiger partial charge in [0.15, 0.2) is 0 Å². The van der Waals surface area contributed by atoms with Crippen molar-refractivity contribution >= 4 is 30.7 Å². The average Bonchev–Trinajstić information content (AvgIpc) is 2.90. The van der Waals surface area contributed by atoms with Crippen molar-refractivity contribution < 1.29 is 4.79 Å². The Kier molecular flexibility index (Phi) is 7.39. The van der Waals surface area contributed by atoms with E-state index in [2.05, 4.69) is 15.6 Å². The summed E-state index contributed by atoms with van der Waals surface area (Å²) in [5.74, 6) is 0.748. The molecule has 1 saturated carbocycles. The van der Waals surface area contributed by atoms with Gasteiger partial charge in [-0.2, -0.15) is 0 Å². The van der Waals surface area contributed by atoms with Gasteiger partial charge >= 0.3 is 0 Å². The minimum absolute atomic E-state index is 0. The highest BCUT2D eigenvalue weighted by Gasteiger charge is 2.37. The summed E-state index contributed by atoms with van der Waals surface area (Å²) >= 11 is 0. The van der Waals surface area contributed by atoms with Crippen LogP contribution in [0.5, 0.6) is 0 Å². The van der Waals surface area contributed by atoms with E-state index in [1.54, 1.807) is 12.3 Å². The molecule has 3 rings (SSSR count). The molecule has 124 valence electrons. The third-order valence-corrected chi connectivity index (χ3v) is 4.49. The highest BCUT2D eigenvalue weighted by atomic mass is 35.5. The van der Waals surface area contributed by atoms with Gasteiger partial charge in [0, 0.05) is 24.8 Å². The zero-order chi connectivity index (χ0) is 13.9. The second-order valence-corrected chi connectivity index (χ2v) is 5.88. The lowest BCUT2D eigenvalue weighted by Gasteiger charge is -2.24. The maximum atomic E-state index is 12.2. The number of aromatic nitrogens is 1. The maximum Gasteiger partial charge on any atom is 0.247 e. The number of aromatic amines is 1. The van der Waals surface area contributed by atoms with E-state index in [1.165, 1.54) is 31.7 Å². The van der Waals surface area contributed by atoms with Crippen molar-refractivity contribution in [2.24, 2.45) is 5.92 Å². The molecule has 3 atom stereocenters. The highest BCUT2D eigenvalue weighted by molar-refractivity contribution is 5.85. The van der Waals surface area contributed by atoms with Crippen LogP contribution in [0.1, 0.15) is 37.7 Å². The highest BCUT2D eigenvalue weighted by Crippen LogP contribution is 2.33. The molecule has 2 fully saturated rings. The number of hydrogen-bond acceptors (Lipinski definition) is 3. The minimum Gasteiger partial charge on any atom is -0.351 e. The number of carbonyl (C=O) groups is 1. The number of amides is 1. The molecule has 2 heterocycles. The number of hydrogen-bond donors (Lipinski definition) is 3. The quantitative estimate of drug-likeness (QED) is 0.779. The molecule has 1 aromatic heterocycles. The molecule has 7 heteroatoms. The predicted molar refractivity (Wildman–Crippen MR) is 90.7 cm³/mol. The van der Waals surface area contributed by atoms with Crippen molar-refractivity contribution in [3.63, 3.8) is 0 Å². The Morgan fingerprint density at radius 3 is 2.68 bits per heavy atom. The Labute approximate surface area is 142 Å². The van der Waals surface area contributed by atoms with Crippen molar-refractivity contribution in [1.82, 2.24) is 15.6 Å². The summed E-state index contributed by atoms with van der Waals surface area (Å²) in [5, 5.41) is 6.41. The lowest BCUT2D eigenvalue weighted by atomic mass is 9.85. The molecule has 0 spiro atoms. The third kappa shape index (κ3) is 4.48. The van der Waals surface area contributed by atoms with Crippen LogP contribution in [0, 0.1) is 5.92 Å². The van der Waals surface area contributed by atoms with Crippen LogP contribution in [0.3, 0.4) is 0 Å². The second-order valence-electron chi connectivity index (χ2n) is 5.88. The van der Waals surface area contributed by atoms with Gasteiger partial charge in [-0.1, -0.05) is 18.9 Å². The number of rotatable bonds is 3. The van der Waals surface area contributed by atoms with E-state index in [0.717, 1.165) is 12.0 Å². The van der Waals surface area contributed by atoms with Crippen LogP contribution in [0.15, 0.2) is 23.1 Å². The first-order chi connectivity index (χ1) is 9.72. The Morgan fingerprint density at radius 2 is 2.00 bits per heavy atom. The topological polar surface area (TPSA) is 74.0 Å².